The smallest absolute Gasteiger partial charge is 0.447 e. The Morgan fingerprint density at radius 3 is 1.97 bits per heavy atom. The summed E-state index contributed by atoms with van der Waals surface area (Å²) >= 11 is 0. The van der Waals surface area contributed by atoms with Crippen LogP contribution >= 0.6 is 0 Å². The molecule has 16 nitrogen and oxygen atoms in total. The number of urea groups is 3. The molecule has 2 aliphatic heterocycles. The molecule has 2 unspecified atom stereocenters. The van der Waals surface area contributed by atoms with Crippen molar-refractivity contribution in [3.8, 4) is 5.75 Å². The second-order valence-electron chi connectivity index (χ2n) is 18.1. The monoisotopic (exact) mass is 934 g/mol. The molecule has 362 valence electrons. The highest BCUT2D eigenvalue weighted by Gasteiger charge is 2.44. The number of carbonyl (C=O) groups excluding carboxylic acids is 4. The molecular weight excluding hydrogens is 876 g/mol. The van der Waals surface area contributed by atoms with Gasteiger partial charge >= 0.3 is 30.5 Å². The van der Waals surface area contributed by atoms with Crippen LogP contribution in [-0.2, 0) is 22.6 Å². The van der Waals surface area contributed by atoms with E-state index in [1.54, 1.807) is 34.7 Å². The molecule has 5 fully saturated rings. The first-order valence-corrected chi connectivity index (χ1v) is 22.6. The van der Waals surface area contributed by atoms with Crippen LogP contribution in [0, 0.1) is 34.8 Å². The fraction of sp³-hybridized carbons (Fsp3) is 0.622. The third-order valence-corrected chi connectivity index (χ3v) is 13.0. The molecule has 0 spiro atoms. The number of rotatable bonds is 17. The Morgan fingerprint density at radius 1 is 0.803 bits per heavy atom. The van der Waals surface area contributed by atoms with Crippen molar-refractivity contribution in [3.05, 3.63) is 64.7 Å². The molecule has 2 saturated heterocycles. The van der Waals surface area contributed by atoms with E-state index in [2.05, 4.69) is 20.7 Å². The van der Waals surface area contributed by atoms with E-state index in [0.29, 0.717) is 62.7 Å². The van der Waals surface area contributed by atoms with Crippen LogP contribution in [0.1, 0.15) is 74.5 Å². The van der Waals surface area contributed by atoms with Crippen molar-refractivity contribution in [2.75, 3.05) is 59.7 Å². The number of alkyl halides is 3. The predicted octanol–water partition coefficient (Wildman–Crippen LogP) is 5.92. The first-order valence-electron chi connectivity index (χ1n) is 22.6. The Balaban J connectivity index is 0.831. The minimum absolute atomic E-state index is 0.00825. The molecule has 6 atom stereocenters. The number of amides is 7. The van der Waals surface area contributed by atoms with Crippen LogP contribution in [0.4, 0.5) is 41.1 Å². The maximum absolute atomic E-state index is 15.4. The van der Waals surface area contributed by atoms with E-state index < -0.39 is 41.9 Å². The van der Waals surface area contributed by atoms with Gasteiger partial charge in [0.15, 0.2) is 0 Å². The van der Waals surface area contributed by atoms with E-state index in [9.17, 15) is 41.8 Å². The summed E-state index contributed by atoms with van der Waals surface area (Å²) in [5.41, 5.74) is 1.58. The van der Waals surface area contributed by atoms with Gasteiger partial charge in [0.2, 0.25) is 0 Å². The number of nitrogens with one attached hydrogen (secondary N) is 4. The molecule has 5 aliphatic rings. The Hall–Kier alpha value is -5.44. The van der Waals surface area contributed by atoms with E-state index in [-0.39, 0.29) is 105 Å². The van der Waals surface area contributed by atoms with E-state index >= 15 is 4.39 Å². The molecule has 2 aromatic rings. The van der Waals surface area contributed by atoms with Gasteiger partial charge in [0.05, 0.1) is 25.3 Å². The van der Waals surface area contributed by atoms with Crippen LogP contribution in [0.25, 0.3) is 0 Å². The number of ether oxygens (including phenoxy) is 3. The average Bonchev–Trinajstić information content (AvgIpc) is 4.13. The molecule has 0 aromatic heterocycles. The molecule has 0 bridgehead atoms. The molecule has 7 rings (SSSR count). The number of piperidine rings is 2. The fourth-order valence-electron chi connectivity index (χ4n) is 9.22. The Morgan fingerprint density at radius 2 is 1.41 bits per heavy atom. The number of aliphatic hydroxyl groups is 1. The third-order valence-electron chi connectivity index (χ3n) is 13.0. The maximum atomic E-state index is 15.4. The van der Waals surface area contributed by atoms with Crippen molar-refractivity contribution in [1.82, 2.24) is 35.6 Å². The van der Waals surface area contributed by atoms with E-state index in [0.717, 1.165) is 37.0 Å². The second-order valence-corrected chi connectivity index (χ2v) is 18.1. The first-order chi connectivity index (χ1) is 31.5. The lowest BCUT2D eigenvalue weighted by atomic mass is 9.90. The number of aliphatic hydroxyl groups excluding tert-OH is 1. The van der Waals surface area contributed by atoms with Gasteiger partial charge in [-0.15, -0.1) is 13.2 Å². The number of likely N-dealkylation sites (tertiary alicyclic amines) is 2. The van der Waals surface area contributed by atoms with E-state index in [4.69, 9.17) is 14.9 Å². The zero-order valence-electron chi connectivity index (χ0n) is 37.1. The Kier molecular flexibility index (Phi) is 15.4. The molecule has 21 heteroatoms. The van der Waals surface area contributed by atoms with E-state index in [1.807, 2.05) is 6.07 Å². The summed E-state index contributed by atoms with van der Waals surface area (Å²) < 4.78 is 82.7. The molecule has 2 heterocycles. The summed E-state index contributed by atoms with van der Waals surface area (Å²) in [5, 5.41) is 26.5. The van der Waals surface area contributed by atoms with Gasteiger partial charge in [-0.25, -0.2) is 28.0 Å². The van der Waals surface area contributed by atoms with Gasteiger partial charge in [0.25, 0.3) is 0 Å². The highest BCUT2D eigenvalue weighted by atomic mass is 19.4. The van der Waals surface area contributed by atoms with Crippen LogP contribution in [0.3, 0.4) is 0 Å². The number of hydrogen-bond acceptors (Lipinski definition) is 9. The minimum Gasteiger partial charge on any atom is -0.447 e. The molecule has 66 heavy (non-hydrogen) atoms. The Bertz CT molecular complexity index is 2090. The standard InChI is InChI=1S/C45H59F5N8O8/c1-26(51)31-14-36(22-55(21-31)41(60)52-2)58(34-8-9-34)43(62)53-18-29-4-3-28(16-39(29)46)38-15-32(38)25-64-11-12-65-44(63)56-20-27(24-59)13-35(23-56)57(33-6-7-33)42(61)54-19-30-5-10-37(17-40(30)47)66-45(48,49)50/h3-5,10,16-17,27,31-36,38,51,59H,6-9,11-15,18-25H2,1-2H3,(H,52,60)(H,53,62)(H,54,61)/t27-,31-,32?,35+,36+,38?/m0/s1. The zero-order chi connectivity index (χ0) is 47.3. The van der Waals surface area contributed by atoms with Gasteiger partial charge in [0, 0.05) is 99.7 Å². The molecular formula is C45H59F5N8O8. The number of halogens is 5. The summed E-state index contributed by atoms with van der Waals surface area (Å²) in [6, 6.07) is 5.72. The maximum Gasteiger partial charge on any atom is 0.573 e. The Labute approximate surface area is 379 Å². The molecule has 7 amide bonds. The summed E-state index contributed by atoms with van der Waals surface area (Å²) in [6.07, 6.45) is -0.714. The van der Waals surface area contributed by atoms with Crippen LogP contribution in [0.15, 0.2) is 36.4 Å². The van der Waals surface area contributed by atoms with Crippen LogP contribution in [0.5, 0.6) is 5.75 Å². The summed E-state index contributed by atoms with van der Waals surface area (Å²) in [4.78, 5) is 59.1. The van der Waals surface area contributed by atoms with Crippen LogP contribution < -0.4 is 20.7 Å². The van der Waals surface area contributed by atoms with Crippen LogP contribution in [-0.4, -0.2) is 145 Å². The van der Waals surface area contributed by atoms with Crippen molar-refractivity contribution >= 4 is 29.9 Å². The molecule has 3 saturated carbocycles. The normalized spacial score (nSPS) is 23.9. The fourth-order valence-corrected chi connectivity index (χ4v) is 9.22. The van der Waals surface area contributed by atoms with Gasteiger partial charge in [-0.1, -0.05) is 18.2 Å². The average molecular weight is 935 g/mol. The zero-order valence-corrected chi connectivity index (χ0v) is 37.1. The van der Waals surface area contributed by atoms with E-state index in [1.165, 1.54) is 11.0 Å². The SMILES string of the molecule is CNC(=O)N1C[C@@H](C(C)=N)C[C@@H](N(C(=O)NCc2ccc(C3CC3COCCOC(=O)N3C[C@@H](CO)C[C@@H](N(C(=O)NCc4ccc(OC(F)(F)F)cc4F)C4CC4)C3)cc2F)C2CC2)C1. The van der Waals surface area contributed by atoms with Gasteiger partial charge in [0.1, 0.15) is 24.0 Å². The van der Waals surface area contributed by atoms with Crippen molar-refractivity contribution in [2.45, 2.75) is 101 Å². The number of benzene rings is 2. The second kappa shape index (κ2) is 21.0. The molecule has 5 N–H and O–H groups in total. The third kappa shape index (κ3) is 12.7. The predicted molar refractivity (Wildman–Crippen MR) is 229 cm³/mol. The molecule has 0 radical (unpaired) electrons. The van der Waals surface area contributed by atoms with Gasteiger partial charge in [-0.3, -0.25) is 0 Å². The van der Waals surface area contributed by atoms with Crippen molar-refractivity contribution in [1.29, 1.82) is 5.41 Å². The number of hydrogen-bond donors (Lipinski definition) is 5. The summed E-state index contributed by atoms with van der Waals surface area (Å²) in [6.45, 7) is 2.73. The number of nitrogens with zero attached hydrogens (tertiary/aromatic N) is 4. The lowest BCUT2D eigenvalue weighted by Gasteiger charge is -2.42. The quantitative estimate of drug-likeness (QED) is 0.0735. The van der Waals surface area contributed by atoms with Crippen molar-refractivity contribution in [2.24, 2.45) is 17.8 Å². The molecule has 2 aromatic carbocycles. The van der Waals surface area contributed by atoms with Crippen molar-refractivity contribution < 1.29 is 60.4 Å². The highest BCUT2D eigenvalue weighted by molar-refractivity contribution is 5.83. The lowest BCUT2D eigenvalue weighted by molar-refractivity contribution is -0.274. The number of carbonyl (C=O) groups is 4. The van der Waals surface area contributed by atoms with Crippen LogP contribution in [0.2, 0.25) is 0 Å². The van der Waals surface area contributed by atoms with Gasteiger partial charge < -0.3 is 60.3 Å². The highest BCUT2D eigenvalue weighted by Crippen LogP contribution is 2.48. The van der Waals surface area contributed by atoms with Gasteiger partial charge in [-0.05, 0) is 81.4 Å². The summed E-state index contributed by atoms with van der Waals surface area (Å²) in [5.74, 6) is -2.41. The van der Waals surface area contributed by atoms with Crippen molar-refractivity contribution in [3.63, 3.8) is 0 Å². The minimum atomic E-state index is -4.98. The van der Waals surface area contributed by atoms with Gasteiger partial charge in [-0.2, -0.15) is 0 Å². The summed E-state index contributed by atoms with van der Waals surface area (Å²) in [7, 11) is 1.55. The first kappa shape index (κ1) is 48.5. The largest absolute Gasteiger partial charge is 0.573 e. The lowest BCUT2D eigenvalue weighted by Crippen LogP contribution is -2.58. The topological polar surface area (TPSA) is 189 Å². The molecule has 3 aliphatic carbocycles.